The van der Waals surface area contributed by atoms with Gasteiger partial charge in [0, 0.05) is 5.56 Å². The zero-order valence-electron chi connectivity index (χ0n) is 19.4. The monoisotopic (exact) mass is 464 g/mol. The number of esters is 1. The fourth-order valence-corrected chi connectivity index (χ4v) is 4.33. The first-order chi connectivity index (χ1) is 16.4. The van der Waals surface area contributed by atoms with Gasteiger partial charge < -0.3 is 9.47 Å². The van der Waals surface area contributed by atoms with Crippen molar-refractivity contribution in [2.75, 3.05) is 31.7 Å². The first-order valence-electron chi connectivity index (χ1n) is 11.4. The third-order valence-corrected chi connectivity index (χ3v) is 6.49. The highest BCUT2D eigenvalue weighted by molar-refractivity contribution is 6.22. The molecule has 2 aromatic rings. The third-order valence-electron chi connectivity index (χ3n) is 6.49. The van der Waals surface area contributed by atoms with E-state index in [9.17, 15) is 19.2 Å². The van der Waals surface area contributed by atoms with Crippen molar-refractivity contribution in [1.82, 2.24) is 4.90 Å². The van der Waals surface area contributed by atoms with E-state index in [4.69, 9.17) is 9.47 Å². The van der Waals surface area contributed by atoms with Crippen molar-refractivity contribution in [1.29, 1.82) is 0 Å². The van der Waals surface area contributed by atoms with Crippen molar-refractivity contribution in [3.8, 4) is 5.75 Å². The Labute approximate surface area is 198 Å². The Kier molecular flexibility index (Phi) is 7.07. The van der Waals surface area contributed by atoms with E-state index in [0.29, 0.717) is 22.9 Å². The maximum Gasteiger partial charge on any atom is 0.338 e. The summed E-state index contributed by atoms with van der Waals surface area (Å²) in [4.78, 5) is 53.5. The minimum atomic E-state index is -0.659. The Hall–Kier alpha value is -3.52. The number of likely N-dealkylation sites (tertiary alicyclic amines) is 1. The lowest BCUT2D eigenvalue weighted by Gasteiger charge is -2.33. The van der Waals surface area contributed by atoms with Crippen LogP contribution in [0, 0.1) is 5.92 Å². The molecule has 0 N–H and O–H groups in total. The van der Waals surface area contributed by atoms with Crippen LogP contribution < -0.4 is 9.64 Å². The highest BCUT2D eigenvalue weighted by Gasteiger charge is 2.43. The van der Waals surface area contributed by atoms with Crippen LogP contribution in [0.25, 0.3) is 0 Å². The number of amides is 2. The number of benzene rings is 2. The lowest BCUT2D eigenvalue weighted by molar-refractivity contribution is -0.123. The maximum absolute atomic E-state index is 13.0. The molecule has 2 saturated heterocycles. The standard InChI is InChI=1S/C26H28N2O6/c1-17-11-13-27(14-12-17)22-15-24(30)28(25(22)31)20-7-3-19(4-8-20)26(32)34-16-23(29)18-5-9-21(33-2)10-6-18/h3-10,17,22H,11-16H2,1-2H3. The molecular formula is C26H28N2O6. The minimum Gasteiger partial charge on any atom is -0.497 e. The minimum absolute atomic E-state index is 0.171. The number of hydrogen-bond donors (Lipinski definition) is 0. The van der Waals surface area contributed by atoms with Crippen molar-refractivity contribution >= 4 is 29.3 Å². The number of ether oxygens (including phenoxy) is 2. The first kappa shape index (κ1) is 23.6. The molecule has 0 aliphatic carbocycles. The smallest absolute Gasteiger partial charge is 0.338 e. The number of imide groups is 1. The zero-order chi connectivity index (χ0) is 24.2. The number of rotatable bonds is 7. The van der Waals surface area contributed by atoms with Gasteiger partial charge >= 0.3 is 5.97 Å². The van der Waals surface area contributed by atoms with Crippen molar-refractivity contribution < 1.29 is 28.7 Å². The van der Waals surface area contributed by atoms with E-state index in [-0.39, 0.29) is 29.6 Å². The van der Waals surface area contributed by atoms with Crippen LogP contribution >= 0.6 is 0 Å². The van der Waals surface area contributed by atoms with Gasteiger partial charge in [0.15, 0.2) is 12.4 Å². The van der Waals surface area contributed by atoms with Crippen LogP contribution in [-0.2, 0) is 14.3 Å². The van der Waals surface area contributed by atoms with Gasteiger partial charge in [-0.1, -0.05) is 6.92 Å². The number of carbonyl (C=O) groups excluding carboxylic acids is 4. The van der Waals surface area contributed by atoms with Crippen molar-refractivity contribution in [3.05, 3.63) is 59.7 Å². The van der Waals surface area contributed by atoms with Gasteiger partial charge in [0.1, 0.15) is 5.75 Å². The number of methoxy groups -OCH3 is 1. The molecule has 2 aliphatic rings. The van der Waals surface area contributed by atoms with Crippen LogP contribution in [0.2, 0.25) is 0 Å². The molecule has 4 rings (SSSR count). The number of ketones is 1. The summed E-state index contributed by atoms with van der Waals surface area (Å²) in [6, 6.07) is 12.2. The van der Waals surface area contributed by atoms with Gasteiger partial charge in [0.05, 0.1) is 30.8 Å². The van der Waals surface area contributed by atoms with Gasteiger partial charge in [0.25, 0.3) is 5.91 Å². The second-order valence-corrected chi connectivity index (χ2v) is 8.78. The summed E-state index contributed by atoms with van der Waals surface area (Å²) in [5.41, 5.74) is 1.06. The van der Waals surface area contributed by atoms with E-state index in [0.717, 1.165) is 25.9 Å². The van der Waals surface area contributed by atoms with Gasteiger partial charge in [-0.2, -0.15) is 0 Å². The predicted molar refractivity (Wildman–Crippen MR) is 125 cm³/mol. The summed E-state index contributed by atoms with van der Waals surface area (Å²) in [5.74, 6) is -0.195. The summed E-state index contributed by atoms with van der Waals surface area (Å²) in [7, 11) is 1.53. The number of nitrogens with zero attached hydrogens (tertiary/aromatic N) is 2. The molecule has 0 saturated carbocycles. The third kappa shape index (κ3) is 5.02. The van der Waals surface area contributed by atoms with Gasteiger partial charge in [-0.05, 0) is 80.4 Å². The largest absolute Gasteiger partial charge is 0.497 e. The fourth-order valence-electron chi connectivity index (χ4n) is 4.33. The summed E-state index contributed by atoms with van der Waals surface area (Å²) in [6.07, 6.45) is 2.22. The first-order valence-corrected chi connectivity index (χ1v) is 11.4. The van der Waals surface area contributed by atoms with Crippen LogP contribution in [0.3, 0.4) is 0 Å². The molecule has 8 heteroatoms. The highest BCUT2D eigenvalue weighted by atomic mass is 16.5. The zero-order valence-corrected chi connectivity index (χ0v) is 19.4. The number of Topliss-reactive ketones (excluding diaryl/α,β-unsaturated/α-hetero) is 1. The quantitative estimate of drug-likeness (QED) is 0.353. The second kappa shape index (κ2) is 10.2. The molecule has 2 amide bonds. The molecule has 8 nitrogen and oxygen atoms in total. The summed E-state index contributed by atoms with van der Waals surface area (Å²) in [5, 5.41) is 0. The maximum atomic E-state index is 13.0. The second-order valence-electron chi connectivity index (χ2n) is 8.78. The molecule has 0 aromatic heterocycles. The molecule has 2 aliphatic heterocycles. The summed E-state index contributed by atoms with van der Waals surface area (Å²) in [6.45, 7) is 3.44. The summed E-state index contributed by atoms with van der Waals surface area (Å²) >= 11 is 0. The Bertz CT molecular complexity index is 1070. The van der Waals surface area contributed by atoms with Gasteiger partial charge in [0.2, 0.25) is 5.91 Å². The average molecular weight is 465 g/mol. The Balaban J connectivity index is 1.35. The summed E-state index contributed by atoms with van der Waals surface area (Å²) < 4.78 is 10.2. The SMILES string of the molecule is COc1ccc(C(=O)COC(=O)c2ccc(N3C(=O)CC(N4CCC(C)CC4)C3=O)cc2)cc1. The molecular weight excluding hydrogens is 436 g/mol. The molecule has 0 radical (unpaired) electrons. The molecule has 34 heavy (non-hydrogen) atoms. The molecule has 0 spiro atoms. The molecule has 1 atom stereocenters. The van der Waals surface area contributed by atoms with E-state index in [2.05, 4.69) is 11.8 Å². The average Bonchev–Trinajstić information content (AvgIpc) is 3.16. The number of anilines is 1. The van der Waals surface area contributed by atoms with Crippen LogP contribution in [0.1, 0.15) is 46.9 Å². The van der Waals surface area contributed by atoms with E-state index in [1.54, 1.807) is 36.4 Å². The van der Waals surface area contributed by atoms with Crippen LogP contribution in [-0.4, -0.2) is 61.3 Å². The van der Waals surface area contributed by atoms with Gasteiger partial charge in [-0.3, -0.25) is 19.3 Å². The topological polar surface area (TPSA) is 93.2 Å². The number of piperidine rings is 1. The van der Waals surface area contributed by atoms with Crippen LogP contribution in [0.4, 0.5) is 5.69 Å². The van der Waals surface area contributed by atoms with E-state index in [1.807, 2.05) is 0 Å². The number of carbonyl (C=O) groups is 4. The van der Waals surface area contributed by atoms with Crippen LogP contribution in [0.5, 0.6) is 5.75 Å². The van der Waals surface area contributed by atoms with Crippen molar-refractivity contribution in [2.45, 2.75) is 32.2 Å². The van der Waals surface area contributed by atoms with Gasteiger partial charge in [-0.15, -0.1) is 0 Å². The molecule has 1 unspecified atom stereocenters. The molecule has 0 bridgehead atoms. The molecule has 2 heterocycles. The molecule has 178 valence electrons. The fraction of sp³-hybridized carbons (Fsp3) is 0.385. The number of hydrogen-bond acceptors (Lipinski definition) is 7. The Morgan fingerprint density at radius 3 is 2.18 bits per heavy atom. The molecule has 2 fully saturated rings. The van der Waals surface area contributed by atoms with E-state index in [1.165, 1.54) is 24.1 Å². The Morgan fingerprint density at radius 2 is 1.56 bits per heavy atom. The lowest BCUT2D eigenvalue weighted by atomic mass is 9.97. The Morgan fingerprint density at radius 1 is 0.941 bits per heavy atom. The predicted octanol–water partition coefficient (Wildman–Crippen LogP) is 3.10. The van der Waals surface area contributed by atoms with E-state index >= 15 is 0 Å². The van der Waals surface area contributed by atoms with Crippen LogP contribution in [0.15, 0.2) is 48.5 Å². The van der Waals surface area contributed by atoms with E-state index < -0.39 is 18.6 Å². The van der Waals surface area contributed by atoms with Gasteiger partial charge in [-0.25, -0.2) is 9.69 Å². The van der Waals surface area contributed by atoms with Crippen molar-refractivity contribution in [2.24, 2.45) is 5.92 Å². The molecule has 2 aromatic carbocycles. The lowest BCUT2D eigenvalue weighted by Crippen LogP contribution is -2.45. The normalized spacial score (nSPS) is 19.4. The highest BCUT2D eigenvalue weighted by Crippen LogP contribution is 2.28. The van der Waals surface area contributed by atoms with Crippen molar-refractivity contribution in [3.63, 3.8) is 0 Å².